The van der Waals surface area contributed by atoms with Gasteiger partial charge in [-0.05, 0) is 43.2 Å². The smallest absolute Gasteiger partial charge is 0.258 e. The van der Waals surface area contributed by atoms with Crippen molar-refractivity contribution in [2.75, 3.05) is 13.7 Å². The molecule has 1 aliphatic rings. The maximum atomic E-state index is 15.1. The average Bonchev–Trinajstić information content (AvgIpc) is 2.62. The maximum absolute atomic E-state index is 15.1. The molecule has 0 aromatic heterocycles. The first-order valence-electron chi connectivity index (χ1n) is 9.58. The third kappa shape index (κ3) is 5.14. The fourth-order valence-electron chi connectivity index (χ4n) is 3.22. The first-order chi connectivity index (χ1) is 13.0. The zero-order valence-electron chi connectivity index (χ0n) is 17.4. The molecule has 0 aliphatic heterocycles. The Morgan fingerprint density at radius 2 is 1.82 bits per heavy atom. The Morgan fingerprint density at radius 1 is 1.25 bits per heavy atom. The number of carbonyl (C=O) groups excluding carboxylic acids is 2. The Bertz CT molecular complexity index is 735. The average molecular weight is 394 g/mol. The first-order valence-corrected chi connectivity index (χ1v) is 9.58. The topological polar surface area (TPSA) is 90.7 Å². The highest BCUT2D eigenvalue weighted by Gasteiger charge is 2.37. The molecule has 3 N–H and O–H groups in total. The number of hydrogen-bond donors (Lipinski definition) is 2. The molecule has 2 amide bonds. The number of halogens is 1. The number of carbonyl (C=O) groups is 2. The molecule has 0 atom stereocenters. The number of nitrogens with two attached hydrogens (primary N) is 1. The van der Waals surface area contributed by atoms with Gasteiger partial charge in [0.25, 0.3) is 5.91 Å². The molecule has 28 heavy (non-hydrogen) atoms. The molecular formula is C21H31FN2O4. The van der Waals surface area contributed by atoms with Gasteiger partial charge in [-0.3, -0.25) is 9.59 Å². The minimum atomic E-state index is -0.742. The highest BCUT2D eigenvalue weighted by atomic mass is 19.1. The zero-order valence-corrected chi connectivity index (χ0v) is 17.4. The molecule has 1 aromatic rings. The number of benzene rings is 1. The van der Waals surface area contributed by atoms with Gasteiger partial charge in [0.1, 0.15) is 11.3 Å². The van der Waals surface area contributed by atoms with E-state index in [0.29, 0.717) is 32.2 Å². The van der Waals surface area contributed by atoms with Gasteiger partial charge in [0.05, 0.1) is 13.2 Å². The van der Waals surface area contributed by atoms with Crippen molar-refractivity contribution in [3.8, 4) is 11.5 Å². The van der Waals surface area contributed by atoms with Gasteiger partial charge in [0.15, 0.2) is 11.6 Å². The molecule has 1 fully saturated rings. The lowest BCUT2D eigenvalue weighted by atomic mass is 9.74. The number of hydrogen-bond acceptors (Lipinski definition) is 4. The molecular weight excluding hydrogens is 363 g/mol. The lowest BCUT2D eigenvalue weighted by Crippen LogP contribution is -2.40. The third-order valence-electron chi connectivity index (χ3n) is 5.22. The van der Waals surface area contributed by atoms with Gasteiger partial charge in [-0.15, -0.1) is 0 Å². The van der Waals surface area contributed by atoms with E-state index in [1.165, 1.54) is 19.2 Å². The highest BCUT2D eigenvalue weighted by molar-refractivity contribution is 5.97. The molecule has 0 bridgehead atoms. The second-order valence-electron chi connectivity index (χ2n) is 8.94. The van der Waals surface area contributed by atoms with E-state index in [9.17, 15) is 9.59 Å². The van der Waals surface area contributed by atoms with Gasteiger partial charge in [0.2, 0.25) is 5.91 Å². The molecule has 1 aromatic carbocycles. The Kier molecular flexibility index (Phi) is 6.57. The van der Waals surface area contributed by atoms with Gasteiger partial charge in [0, 0.05) is 12.0 Å². The van der Waals surface area contributed by atoms with Crippen molar-refractivity contribution < 1.29 is 23.5 Å². The molecule has 0 heterocycles. The lowest BCUT2D eigenvalue weighted by molar-refractivity contribution is -0.129. The number of rotatable bonds is 6. The standard InChI is InChI=1S/C21H31FN2O4/c1-20(2,3)12-24-18(25)16-14(27-5)6-7-15(17(16)22)28-13-8-10-21(4,11-9-13)19(23)26/h6-7,13H,8-12H2,1-5H3,(H2,23,26)(H,24,25). The van der Waals surface area contributed by atoms with Gasteiger partial charge < -0.3 is 20.5 Å². The summed E-state index contributed by atoms with van der Waals surface area (Å²) in [4.78, 5) is 24.1. The van der Waals surface area contributed by atoms with Crippen LogP contribution in [0.15, 0.2) is 12.1 Å². The molecule has 0 saturated heterocycles. The number of primary amides is 1. The largest absolute Gasteiger partial charge is 0.496 e. The van der Waals surface area contributed by atoms with Crippen LogP contribution in [0, 0.1) is 16.6 Å². The maximum Gasteiger partial charge on any atom is 0.258 e. The summed E-state index contributed by atoms with van der Waals surface area (Å²) >= 11 is 0. The number of methoxy groups -OCH3 is 1. The van der Waals surface area contributed by atoms with Crippen LogP contribution in [-0.2, 0) is 4.79 Å². The van der Waals surface area contributed by atoms with Gasteiger partial charge >= 0.3 is 0 Å². The van der Waals surface area contributed by atoms with Crippen LogP contribution < -0.4 is 20.5 Å². The summed E-state index contributed by atoms with van der Waals surface area (Å²) in [5.74, 6) is -1.44. The third-order valence-corrected chi connectivity index (χ3v) is 5.22. The summed E-state index contributed by atoms with van der Waals surface area (Å²) in [5, 5.41) is 2.74. The number of amides is 2. The molecule has 1 aliphatic carbocycles. The van der Waals surface area contributed by atoms with E-state index in [-0.39, 0.29) is 34.5 Å². The summed E-state index contributed by atoms with van der Waals surface area (Å²) in [6.07, 6.45) is 2.13. The van der Waals surface area contributed by atoms with Gasteiger partial charge in [-0.25, -0.2) is 4.39 Å². The fraction of sp³-hybridized carbons (Fsp3) is 0.619. The minimum absolute atomic E-state index is 0.00869. The van der Waals surface area contributed by atoms with Crippen molar-refractivity contribution in [3.63, 3.8) is 0 Å². The summed E-state index contributed by atoms with van der Waals surface area (Å²) in [7, 11) is 1.39. The number of ether oxygens (including phenoxy) is 2. The molecule has 7 heteroatoms. The minimum Gasteiger partial charge on any atom is -0.496 e. The predicted octanol–water partition coefficient (Wildman–Crippen LogP) is 3.42. The van der Waals surface area contributed by atoms with Gasteiger partial charge in [-0.1, -0.05) is 27.7 Å². The fourth-order valence-corrected chi connectivity index (χ4v) is 3.22. The molecule has 6 nitrogen and oxygen atoms in total. The highest BCUT2D eigenvalue weighted by Crippen LogP contribution is 2.38. The molecule has 0 spiro atoms. The van der Waals surface area contributed by atoms with Crippen LogP contribution in [0.25, 0.3) is 0 Å². The Morgan fingerprint density at radius 3 is 2.32 bits per heavy atom. The van der Waals surface area contributed by atoms with E-state index in [1.807, 2.05) is 27.7 Å². The number of nitrogens with one attached hydrogen (secondary N) is 1. The van der Waals surface area contributed by atoms with Crippen LogP contribution >= 0.6 is 0 Å². The second-order valence-corrected chi connectivity index (χ2v) is 8.94. The molecule has 2 rings (SSSR count). The van der Waals surface area contributed by atoms with Crippen molar-refractivity contribution in [2.45, 2.75) is 59.5 Å². The van der Waals surface area contributed by atoms with E-state index >= 15 is 4.39 Å². The first kappa shape index (κ1) is 22.0. The Balaban J connectivity index is 2.16. The molecule has 156 valence electrons. The summed E-state index contributed by atoms with van der Waals surface area (Å²) < 4.78 is 26.1. The predicted molar refractivity (Wildman–Crippen MR) is 105 cm³/mol. The zero-order chi connectivity index (χ0) is 21.1. The SMILES string of the molecule is COc1ccc(OC2CCC(C)(C(N)=O)CC2)c(F)c1C(=O)NCC(C)(C)C. The van der Waals surface area contributed by atoms with Crippen LogP contribution in [-0.4, -0.2) is 31.6 Å². The van der Waals surface area contributed by atoms with Gasteiger partial charge in [-0.2, -0.15) is 0 Å². The summed E-state index contributed by atoms with van der Waals surface area (Å²) in [5.41, 5.74) is 4.62. The van der Waals surface area contributed by atoms with E-state index in [4.69, 9.17) is 15.2 Å². The van der Waals surface area contributed by atoms with Crippen LogP contribution in [0.1, 0.15) is 63.7 Å². The second kappa shape index (κ2) is 8.37. The van der Waals surface area contributed by atoms with Crippen molar-refractivity contribution in [3.05, 3.63) is 23.5 Å². The monoisotopic (exact) mass is 394 g/mol. The van der Waals surface area contributed by atoms with E-state index < -0.39 is 17.1 Å². The van der Waals surface area contributed by atoms with E-state index in [2.05, 4.69) is 5.32 Å². The van der Waals surface area contributed by atoms with E-state index in [1.54, 1.807) is 0 Å². The molecule has 0 unspecified atom stereocenters. The van der Waals surface area contributed by atoms with Crippen LogP contribution in [0.3, 0.4) is 0 Å². The Labute approximate surface area is 166 Å². The molecule has 0 radical (unpaired) electrons. The lowest BCUT2D eigenvalue weighted by Gasteiger charge is -2.34. The summed E-state index contributed by atoms with van der Waals surface area (Å²) in [6.45, 7) is 8.17. The van der Waals surface area contributed by atoms with Crippen molar-refractivity contribution in [2.24, 2.45) is 16.6 Å². The van der Waals surface area contributed by atoms with Crippen molar-refractivity contribution >= 4 is 11.8 Å². The molecule has 1 saturated carbocycles. The van der Waals surface area contributed by atoms with Crippen molar-refractivity contribution in [1.82, 2.24) is 5.32 Å². The Hall–Kier alpha value is -2.31. The van der Waals surface area contributed by atoms with Crippen LogP contribution in [0.4, 0.5) is 4.39 Å². The van der Waals surface area contributed by atoms with Crippen molar-refractivity contribution in [1.29, 1.82) is 0 Å². The summed E-state index contributed by atoms with van der Waals surface area (Å²) in [6, 6.07) is 3.00. The van der Waals surface area contributed by atoms with Crippen LogP contribution in [0.2, 0.25) is 0 Å². The van der Waals surface area contributed by atoms with E-state index in [0.717, 1.165) is 0 Å². The normalized spacial score (nSPS) is 22.4. The van der Waals surface area contributed by atoms with Crippen LogP contribution in [0.5, 0.6) is 11.5 Å². The quantitative estimate of drug-likeness (QED) is 0.773.